The summed E-state index contributed by atoms with van der Waals surface area (Å²) in [5.74, 6) is 1.60. The minimum Gasteiger partial charge on any atom is -0.395 e. The van der Waals surface area contributed by atoms with Crippen LogP contribution >= 0.6 is 11.8 Å². The van der Waals surface area contributed by atoms with Crippen molar-refractivity contribution in [2.24, 2.45) is 0 Å². The number of rotatable bonds is 5. The summed E-state index contributed by atoms with van der Waals surface area (Å²) in [6.07, 6.45) is 0. The first-order chi connectivity index (χ1) is 7.15. The molecule has 0 amide bonds. The van der Waals surface area contributed by atoms with Gasteiger partial charge in [-0.1, -0.05) is 6.92 Å². The van der Waals surface area contributed by atoms with E-state index in [-0.39, 0.29) is 11.9 Å². The molecule has 4 nitrogen and oxygen atoms in total. The van der Waals surface area contributed by atoms with Gasteiger partial charge in [0.25, 0.3) is 0 Å². The Labute approximate surface area is 94.5 Å². The van der Waals surface area contributed by atoms with Crippen LogP contribution in [0.2, 0.25) is 0 Å². The predicted molar refractivity (Wildman–Crippen MR) is 63.3 cm³/mol. The maximum Gasteiger partial charge on any atom is 0.130 e. The Balaban J connectivity index is 2.78. The second kappa shape index (κ2) is 5.92. The van der Waals surface area contributed by atoms with Crippen molar-refractivity contribution >= 4 is 17.6 Å². The van der Waals surface area contributed by atoms with Crippen molar-refractivity contribution in [1.82, 2.24) is 9.97 Å². The molecule has 1 aromatic heterocycles. The highest BCUT2D eigenvalue weighted by Crippen LogP contribution is 2.22. The minimum absolute atomic E-state index is 0.157. The molecule has 84 valence electrons. The molecule has 0 saturated heterocycles. The summed E-state index contributed by atoms with van der Waals surface area (Å²) in [6.45, 7) is 6.87. The maximum absolute atomic E-state index is 8.96. The van der Waals surface area contributed by atoms with E-state index in [1.54, 1.807) is 11.8 Å². The van der Waals surface area contributed by atoms with Gasteiger partial charge in [-0.25, -0.2) is 9.97 Å². The molecule has 1 heterocycles. The Hall–Kier alpha value is -0.810. The lowest BCUT2D eigenvalue weighted by Gasteiger charge is -2.09. The zero-order valence-corrected chi connectivity index (χ0v) is 10.1. The monoisotopic (exact) mass is 227 g/mol. The van der Waals surface area contributed by atoms with Crippen LogP contribution in [0.3, 0.4) is 0 Å². The summed E-state index contributed by atoms with van der Waals surface area (Å²) >= 11 is 1.56. The van der Waals surface area contributed by atoms with E-state index in [1.807, 2.05) is 26.8 Å². The molecule has 15 heavy (non-hydrogen) atoms. The van der Waals surface area contributed by atoms with Gasteiger partial charge in [0.1, 0.15) is 16.7 Å². The third-order valence-electron chi connectivity index (χ3n) is 1.75. The molecule has 1 aromatic rings. The molecule has 0 fully saturated rings. The fourth-order valence-electron chi connectivity index (χ4n) is 1.12. The molecule has 1 atom stereocenters. The van der Waals surface area contributed by atoms with Crippen molar-refractivity contribution in [3.63, 3.8) is 0 Å². The SMILES string of the molecule is CCNc1cc(SC(C)CO)nc(C)n1. The first-order valence-corrected chi connectivity index (χ1v) is 5.90. The molecule has 2 N–H and O–H groups in total. The molecule has 0 aliphatic rings. The normalized spacial score (nSPS) is 12.5. The van der Waals surface area contributed by atoms with Crippen molar-refractivity contribution in [3.8, 4) is 0 Å². The van der Waals surface area contributed by atoms with E-state index < -0.39 is 0 Å². The van der Waals surface area contributed by atoms with Crippen molar-refractivity contribution in [2.45, 2.75) is 31.0 Å². The molecule has 0 saturated carbocycles. The smallest absolute Gasteiger partial charge is 0.130 e. The van der Waals surface area contributed by atoms with Crippen LogP contribution in [0.1, 0.15) is 19.7 Å². The summed E-state index contributed by atoms with van der Waals surface area (Å²) in [5.41, 5.74) is 0. The van der Waals surface area contributed by atoms with Crippen LogP contribution in [0.5, 0.6) is 0 Å². The number of nitrogens with zero attached hydrogens (tertiary/aromatic N) is 2. The van der Waals surface area contributed by atoms with Crippen molar-refractivity contribution in [2.75, 3.05) is 18.5 Å². The number of hydrogen-bond acceptors (Lipinski definition) is 5. The Morgan fingerprint density at radius 3 is 2.87 bits per heavy atom. The lowest BCUT2D eigenvalue weighted by molar-refractivity contribution is 0.300. The molecule has 5 heteroatoms. The fraction of sp³-hybridized carbons (Fsp3) is 0.600. The summed E-state index contributed by atoms with van der Waals surface area (Å²) in [6, 6.07) is 1.91. The van der Waals surface area contributed by atoms with Crippen LogP contribution in [-0.2, 0) is 0 Å². The molecule has 0 aliphatic carbocycles. The number of aromatic nitrogens is 2. The van der Waals surface area contributed by atoms with E-state index in [9.17, 15) is 0 Å². The highest BCUT2D eigenvalue weighted by atomic mass is 32.2. The number of hydrogen-bond donors (Lipinski definition) is 2. The zero-order valence-electron chi connectivity index (χ0n) is 9.32. The van der Waals surface area contributed by atoms with Gasteiger partial charge in [0, 0.05) is 17.9 Å². The van der Waals surface area contributed by atoms with Crippen LogP contribution in [0, 0.1) is 6.92 Å². The quantitative estimate of drug-likeness (QED) is 0.592. The summed E-state index contributed by atoms with van der Waals surface area (Å²) in [7, 11) is 0. The van der Waals surface area contributed by atoms with E-state index in [4.69, 9.17) is 5.11 Å². The number of thioether (sulfide) groups is 1. The maximum atomic E-state index is 8.96. The topological polar surface area (TPSA) is 58.0 Å². The highest BCUT2D eigenvalue weighted by molar-refractivity contribution is 7.99. The molecule has 0 spiro atoms. The second-order valence-electron chi connectivity index (χ2n) is 3.28. The first kappa shape index (κ1) is 12.3. The second-order valence-corrected chi connectivity index (χ2v) is 4.74. The molecular formula is C10H17N3OS. The van der Waals surface area contributed by atoms with Gasteiger partial charge >= 0.3 is 0 Å². The van der Waals surface area contributed by atoms with Crippen molar-refractivity contribution < 1.29 is 5.11 Å². The average Bonchev–Trinajstić information content (AvgIpc) is 2.17. The molecule has 0 radical (unpaired) electrons. The van der Waals surface area contributed by atoms with E-state index in [2.05, 4.69) is 15.3 Å². The van der Waals surface area contributed by atoms with Crippen LogP contribution in [0.4, 0.5) is 5.82 Å². The third kappa shape index (κ3) is 4.05. The average molecular weight is 227 g/mol. The predicted octanol–water partition coefficient (Wildman–Crippen LogP) is 1.69. The lowest BCUT2D eigenvalue weighted by Crippen LogP contribution is -2.05. The van der Waals surface area contributed by atoms with E-state index in [0.717, 1.165) is 23.2 Å². The number of anilines is 1. The minimum atomic E-state index is 0.157. The third-order valence-corrected chi connectivity index (χ3v) is 2.75. The largest absolute Gasteiger partial charge is 0.395 e. The molecule has 0 aliphatic heterocycles. The molecule has 1 rings (SSSR count). The number of aliphatic hydroxyl groups is 1. The standard InChI is InChI=1S/C10H17N3OS/c1-4-11-9-5-10(13-8(3)12-9)15-7(2)6-14/h5,7,14H,4,6H2,1-3H3,(H,11,12,13). The van der Waals surface area contributed by atoms with Crippen LogP contribution < -0.4 is 5.32 Å². The molecule has 1 unspecified atom stereocenters. The van der Waals surface area contributed by atoms with Gasteiger partial charge in [-0.3, -0.25) is 0 Å². The Kier molecular flexibility index (Phi) is 4.84. The first-order valence-electron chi connectivity index (χ1n) is 5.02. The Bertz CT molecular complexity index is 320. The van der Waals surface area contributed by atoms with Gasteiger partial charge in [0.15, 0.2) is 0 Å². The summed E-state index contributed by atoms with van der Waals surface area (Å²) in [4.78, 5) is 8.56. The van der Waals surface area contributed by atoms with Crippen LogP contribution in [-0.4, -0.2) is 33.5 Å². The van der Waals surface area contributed by atoms with Gasteiger partial charge in [0.05, 0.1) is 6.61 Å². The highest BCUT2D eigenvalue weighted by Gasteiger charge is 2.06. The molecule has 0 bridgehead atoms. The van der Waals surface area contributed by atoms with Crippen LogP contribution in [0.15, 0.2) is 11.1 Å². The van der Waals surface area contributed by atoms with E-state index in [0.29, 0.717) is 0 Å². The van der Waals surface area contributed by atoms with Gasteiger partial charge in [0.2, 0.25) is 0 Å². The van der Waals surface area contributed by atoms with E-state index >= 15 is 0 Å². The van der Waals surface area contributed by atoms with Crippen molar-refractivity contribution in [1.29, 1.82) is 0 Å². The van der Waals surface area contributed by atoms with Gasteiger partial charge in [-0.05, 0) is 13.8 Å². The van der Waals surface area contributed by atoms with E-state index in [1.165, 1.54) is 0 Å². The summed E-state index contributed by atoms with van der Waals surface area (Å²) < 4.78 is 0. The van der Waals surface area contributed by atoms with Gasteiger partial charge < -0.3 is 10.4 Å². The lowest BCUT2D eigenvalue weighted by atomic mass is 10.5. The number of aryl methyl sites for hydroxylation is 1. The van der Waals surface area contributed by atoms with Crippen LogP contribution in [0.25, 0.3) is 0 Å². The molecular weight excluding hydrogens is 210 g/mol. The zero-order chi connectivity index (χ0) is 11.3. The van der Waals surface area contributed by atoms with Crippen molar-refractivity contribution in [3.05, 3.63) is 11.9 Å². The number of aliphatic hydroxyl groups excluding tert-OH is 1. The number of nitrogens with one attached hydrogen (secondary N) is 1. The Morgan fingerprint density at radius 2 is 2.27 bits per heavy atom. The summed E-state index contributed by atoms with van der Waals surface area (Å²) in [5, 5.41) is 13.2. The van der Waals surface area contributed by atoms with Gasteiger partial charge in [-0.15, -0.1) is 11.8 Å². The Morgan fingerprint density at radius 1 is 1.53 bits per heavy atom. The fourth-order valence-corrected chi connectivity index (χ4v) is 1.97. The molecule has 0 aromatic carbocycles. The van der Waals surface area contributed by atoms with Gasteiger partial charge in [-0.2, -0.15) is 0 Å².